The maximum Gasteiger partial charge on any atom is 0.160 e. The van der Waals surface area contributed by atoms with Crippen molar-refractivity contribution in [3.8, 4) is 45.0 Å². The number of hydrogen-bond acceptors (Lipinski definition) is 5. The van der Waals surface area contributed by atoms with Gasteiger partial charge < -0.3 is 5.32 Å². The fourth-order valence-corrected chi connectivity index (χ4v) is 7.52. The van der Waals surface area contributed by atoms with Crippen molar-refractivity contribution in [1.82, 2.24) is 15.3 Å². The molecule has 0 radical (unpaired) electrons. The van der Waals surface area contributed by atoms with Gasteiger partial charge in [-0.3, -0.25) is 0 Å². The van der Waals surface area contributed by atoms with Gasteiger partial charge in [-0.1, -0.05) is 188 Å². The second-order valence-electron chi connectivity index (χ2n) is 13.9. The van der Waals surface area contributed by atoms with Crippen molar-refractivity contribution in [2.45, 2.75) is 6.17 Å². The average Bonchev–Trinajstić information content (AvgIpc) is 3.29. The number of hydrogen-bond donors (Lipinski definition) is 1. The summed E-state index contributed by atoms with van der Waals surface area (Å²) in [5.41, 5.74) is 10.1. The van der Waals surface area contributed by atoms with E-state index in [9.17, 15) is 0 Å². The molecule has 0 fully saturated rings. The normalized spacial score (nSPS) is 13.9. The Morgan fingerprint density at radius 2 is 0.929 bits per heavy atom. The molecule has 56 heavy (non-hydrogen) atoms. The Morgan fingerprint density at radius 1 is 0.393 bits per heavy atom. The molecule has 1 N–H and O–H groups in total. The zero-order valence-corrected chi connectivity index (χ0v) is 30.4. The largest absolute Gasteiger partial charge is 0.344 e. The Hall–Kier alpha value is -7.50. The molecule has 8 aromatic carbocycles. The molecule has 1 aliphatic rings. The molecule has 0 aliphatic carbocycles. The van der Waals surface area contributed by atoms with E-state index in [4.69, 9.17) is 20.0 Å². The number of amidine groups is 2. The summed E-state index contributed by atoms with van der Waals surface area (Å²) in [5.74, 6) is 2.18. The molecule has 0 spiro atoms. The minimum absolute atomic E-state index is 0.378. The molecular formula is C51H35N5. The molecule has 2 heterocycles. The first kappa shape index (κ1) is 33.1. The molecule has 264 valence electrons. The predicted octanol–water partition coefficient (Wildman–Crippen LogP) is 11.9. The van der Waals surface area contributed by atoms with Crippen molar-refractivity contribution in [1.29, 1.82) is 0 Å². The number of nitrogens with one attached hydrogen (secondary N) is 1. The van der Waals surface area contributed by atoms with Crippen LogP contribution >= 0.6 is 0 Å². The van der Waals surface area contributed by atoms with Crippen LogP contribution in [0.25, 0.3) is 66.6 Å². The topological polar surface area (TPSA) is 62.5 Å². The van der Waals surface area contributed by atoms with E-state index < -0.39 is 0 Å². The van der Waals surface area contributed by atoms with Gasteiger partial charge >= 0.3 is 0 Å². The highest BCUT2D eigenvalue weighted by Crippen LogP contribution is 2.38. The molecule has 1 aliphatic heterocycles. The second-order valence-corrected chi connectivity index (χ2v) is 13.9. The first-order valence-corrected chi connectivity index (χ1v) is 18.8. The van der Waals surface area contributed by atoms with Gasteiger partial charge in [0.05, 0.1) is 11.4 Å². The van der Waals surface area contributed by atoms with E-state index in [1.54, 1.807) is 0 Å². The quantitative estimate of drug-likeness (QED) is 0.178. The molecule has 9 aromatic rings. The molecule has 0 amide bonds. The van der Waals surface area contributed by atoms with Gasteiger partial charge in [-0.2, -0.15) is 0 Å². The molecule has 1 aromatic heterocycles. The summed E-state index contributed by atoms with van der Waals surface area (Å²) in [7, 11) is 0. The minimum Gasteiger partial charge on any atom is -0.344 e. The van der Waals surface area contributed by atoms with Gasteiger partial charge in [0.2, 0.25) is 0 Å². The van der Waals surface area contributed by atoms with Crippen molar-refractivity contribution < 1.29 is 0 Å². The second kappa shape index (κ2) is 14.4. The molecule has 5 nitrogen and oxygen atoms in total. The fraction of sp³-hybridized carbons (Fsp3) is 0.0196. The summed E-state index contributed by atoms with van der Waals surface area (Å²) in [6.45, 7) is 0. The minimum atomic E-state index is -0.378. The Morgan fingerprint density at radius 3 is 1.64 bits per heavy atom. The highest BCUT2D eigenvalue weighted by molar-refractivity contribution is 6.13. The van der Waals surface area contributed by atoms with Gasteiger partial charge in [0.25, 0.3) is 0 Å². The van der Waals surface area contributed by atoms with Gasteiger partial charge in [-0.15, -0.1) is 0 Å². The van der Waals surface area contributed by atoms with E-state index in [1.807, 2.05) is 54.6 Å². The summed E-state index contributed by atoms with van der Waals surface area (Å²) >= 11 is 0. The Kier molecular flexibility index (Phi) is 8.50. The SMILES string of the molecule is c1ccc(C2=NC(c3ccc4ccccc4c3-c3ccc(-c4cc(-c5ccccc5)nc(-c5ccc6ccccc6c5)n4)cc3)NC(c3ccccc3)=N2)cc1. The summed E-state index contributed by atoms with van der Waals surface area (Å²) < 4.78 is 0. The Balaban J connectivity index is 1.09. The van der Waals surface area contributed by atoms with Gasteiger partial charge in [-0.05, 0) is 44.8 Å². The maximum atomic E-state index is 5.25. The van der Waals surface area contributed by atoms with E-state index >= 15 is 0 Å². The molecule has 0 saturated carbocycles. The number of nitrogens with zero attached hydrogens (tertiary/aromatic N) is 4. The number of fused-ring (bicyclic) bond motifs is 2. The van der Waals surface area contributed by atoms with Crippen LogP contribution in [0.3, 0.4) is 0 Å². The average molecular weight is 718 g/mol. The number of aliphatic imine (C=N–C) groups is 2. The Bertz CT molecular complexity index is 2920. The lowest BCUT2D eigenvalue weighted by atomic mass is 9.91. The molecule has 10 rings (SSSR count). The molecule has 1 atom stereocenters. The van der Waals surface area contributed by atoms with Crippen LogP contribution < -0.4 is 5.32 Å². The van der Waals surface area contributed by atoms with E-state index in [1.165, 1.54) is 10.8 Å². The van der Waals surface area contributed by atoms with Crippen molar-refractivity contribution in [2.75, 3.05) is 0 Å². The Labute approximate surface area is 325 Å². The van der Waals surface area contributed by atoms with Gasteiger partial charge in [0.15, 0.2) is 11.7 Å². The summed E-state index contributed by atoms with van der Waals surface area (Å²) in [4.78, 5) is 20.5. The van der Waals surface area contributed by atoms with E-state index in [2.05, 4.69) is 151 Å². The predicted molar refractivity (Wildman–Crippen MR) is 231 cm³/mol. The van der Waals surface area contributed by atoms with Gasteiger partial charge in [0, 0.05) is 33.4 Å². The van der Waals surface area contributed by atoms with E-state index in [0.29, 0.717) is 11.7 Å². The van der Waals surface area contributed by atoms with Crippen LogP contribution in [0.2, 0.25) is 0 Å². The number of aromatic nitrogens is 2. The van der Waals surface area contributed by atoms with Gasteiger partial charge in [0.1, 0.15) is 12.0 Å². The first-order valence-electron chi connectivity index (χ1n) is 18.8. The fourth-order valence-electron chi connectivity index (χ4n) is 7.52. The lowest BCUT2D eigenvalue weighted by Gasteiger charge is -2.26. The molecule has 0 saturated heterocycles. The lowest BCUT2D eigenvalue weighted by molar-refractivity contribution is 0.676. The van der Waals surface area contributed by atoms with Crippen molar-refractivity contribution >= 4 is 33.2 Å². The number of rotatable bonds is 7. The summed E-state index contributed by atoms with van der Waals surface area (Å²) in [6.07, 6.45) is -0.378. The summed E-state index contributed by atoms with van der Waals surface area (Å²) in [6, 6.07) is 69.4. The molecule has 1 unspecified atom stereocenters. The molecule has 0 bridgehead atoms. The van der Waals surface area contributed by atoms with Crippen molar-refractivity contribution in [2.24, 2.45) is 9.98 Å². The lowest BCUT2D eigenvalue weighted by Crippen LogP contribution is -2.33. The monoisotopic (exact) mass is 717 g/mol. The van der Waals surface area contributed by atoms with Crippen LogP contribution in [0.1, 0.15) is 22.9 Å². The van der Waals surface area contributed by atoms with Crippen LogP contribution in [0.15, 0.2) is 210 Å². The smallest absolute Gasteiger partial charge is 0.160 e. The van der Waals surface area contributed by atoms with Crippen molar-refractivity contribution in [3.63, 3.8) is 0 Å². The standard InChI is InChI=1S/C51H35N5/c1-4-16-36(17-5-1)45-33-46(53-50(52-45)42-29-24-34-14-10-11-22-41(34)32-42)37-25-27-38(28-26-37)47-43-23-13-12-15-35(43)30-31-44(47)51-55-48(39-18-6-2-7-19-39)54-49(56-51)40-20-8-3-9-21-40/h1-33,51H,(H,54,55,56). The van der Waals surface area contributed by atoms with Crippen LogP contribution in [-0.4, -0.2) is 21.6 Å². The van der Waals surface area contributed by atoms with Gasteiger partial charge in [-0.25, -0.2) is 20.0 Å². The third-order valence-electron chi connectivity index (χ3n) is 10.4. The molecular weight excluding hydrogens is 683 g/mol. The summed E-state index contributed by atoms with van der Waals surface area (Å²) in [5, 5.41) is 8.37. The maximum absolute atomic E-state index is 5.25. The third kappa shape index (κ3) is 6.42. The number of benzene rings is 8. The van der Waals surface area contributed by atoms with Crippen molar-refractivity contribution in [3.05, 3.63) is 217 Å². The zero-order chi connectivity index (χ0) is 37.3. The van der Waals surface area contributed by atoms with E-state index in [-0.39, 0.29) is 6.17 Å². The highest BCUT2D eigenvalue weighted by atomic mass is 15.2. The van der Waals surface area contributed by atoms with Crippen LogP contribution in [0.5, 0.6) is 0 Å². The van der Waals surface area contributed by atoms with E-state index in [0.717, 1.165) is 72.5 Å². The zero-order valence-electron chi connectivity index (χ0n) is 30.4. The highest BCUT2D eigenvalue weighted by Gasteiger charge is 2.25. The third-order valence-corrected chi connectivity index (χ3v) is 10.4. The van der Waals surface area contributed by atoms with Crippen LogP contribution in [0, 0.1) is 0 Å². The first-order chi connectivity index (χ1) is 27.7. The van der Waals surface area contributed by atoms with Crippen LogP contribution in [0.4, 0.5) is 0 Å². The molecule has 5 heteroatoms. The van der Waals surface area contributed by atoms with Crippen LogP contribution in [-0.2, 0) is 0 Å².